The second-order valence-electron chi connectivity index (χ2n) is 14.4. The second-order valence-corrected chi connectivity index (χ2v) is 14.4. The van der Waals surface area contributed by atoms with Crippen LogP contribution in [0.1, 0.15) is 25.0 Å². The summed E-state index contributed by atoms with van der Waals surface area (Å²) in [6.07, 6.45) is 3.70. The third-order valence-corrected chi connectivity index (χ3v) is 11.0. The molecule has 7 aromatic carbocycles. The largest absolute Gasteiger partial charge is 0.264 e. The smallest absolute Gasteiger partial charge is 0.161 e. The first kappa shape index (κ1) is 31.1. The van der Waals surface area contributed by atoms with Crippen LogP contribution in [-0.4, -0.2) is 15.0 Å². The van der Waals surface area contributed by atoms with E-state index >= 15 is 0 Å². The average Bonchev–Trinajstić information content (AvgIpc) is 3.47. The molecule has 0 atom stereocenters. The van der Waals surface area contributed by atoms with Gasteiger partial charge in [0.05, 0.1) is 11.4 Å². The van der Waals surface area contributed by atoms with Gasteiger partial charge in [-0.05, 0) is 84.3 Å². The van der Waals surface area contributed by atoms with E-state index in [4.69, 9.17) is 9.97 Å². The Kier molecular flexibility index (Phi) is 7.16. The van der Waals surface area contributed by atoms with E-state index in [9.17, 15) is 0 Å². The van der Waals surface area contributed by atoms with Crippen LogP contribution in [0.25, 0.3) is 88.8 Å². The van der Waals surface area contributed by atoms with Gasteiger partial charge in [-0.2, -0.15) is 0 Å². The highest BCUT2D eigenvalue weighted by atomic mass is 14.9. The van der Waals surface area contributed by atoms with E-state index in [1.54, 1.807) is 6.20 Å². The van der Waals surface area contributed by atoms with Crippen molar-refractivity contribution in [2.75, 3.05) is 0 Å². The van der Waals surface area contributed by atoms with Crippen molar-refractivity contribution >= 4 is 21.5 Å². The number of fused-ring (bicyclic) bond motifs is 6. The van der Waals surface area contributed by atoms with E-state index < -0.39 is 0 Å². The highest BCUT2D eigenvalue weighted by molar-refractivity contribution is 6.08. The Labute approximate surface area is 309 Å². The summed E-state index contributed by atoms with van der Waals surface area (Å²) in [6, 6.07) is 58.5. The summed E-state index contributed by atoms with van der Waals surface area (Å²) in [4.78, 5) is 14.8. The first-order valence-corrected chi connectivity index (χ1v) is 18.2. The van der Waals surface area contributed by atoms with Gasteiger partial charge in [-0.15, -0.1) is 0 Å². The van der Waals surface area contributed by atoms with Gasteiger partial charge in [0.2, 0.25) is 0 Å². The molecule has 0 bridgehead atoms. The maximum atomic E-state index is 5.27. The molecule has 0 saturated heterocycles. The molecule has 3 nitrogen and oxygen atoms in total. The normalized spacial score (nSPS) is 12.9. The van der Waals surface area contributed by atoms with E-state index in [0.717, 1.165) is 44.6 Å². The Morgan fingerprint density at radius 1 is 0.434 bits per heavy atom. The highest BCUT2D eigenvalue weighted by Gasteiger charge is 2.38. The van der Waals surface area contributed by atoms with Gasteiger partial charge < -0.3 is 0 Å². The fourth-order valence-electron chi connectivity index (χ4n) is 8.44. The quantitative estimate of drug-likeness (QED) is 0.182. The lowest BCUT2D eigenvalue weighted by atomic mass is 9.78. The molecule has 2 heterocycles. The summed E-state index contributed by atoms with van der Waals surface area (Å²) in [6.45, 7) is 4.75. The molecule has 0 aliphatic heterocycles. The lowest BCUT2D eigenvalue weighted by molar-refractivity contribution is 0.662. The maximum Gasteiger partial charge on any atom is 0.161 e. The van der Waals surface area contributed by atoms with Gasteiger partial charge in [0.15, 0.2) is 5.82 Å². The summed E-state index contributed by atoms with van der Waals surface area (Å²) >= 11 is 0. The summed E-state index contributed by atoms with van der Waals surface area (Å²) in [5.41, 5.74) is 14.8. The minimum absolute atomic E-state index is 0.167. The van der Waals surface area contributed by atoms with Crippen LogP contribution in [0, 0.1) is 0 Å². The van der Waals surface area contributed by atoms with Gasteiger partial charge in [0.1, 0.15) is 0 Å². The fourth-order valence-corrected chi connectivity index (χ4v) is 8.44. The van der Waals surface area contributed by atoms with Crippen LogP contribution in [0.2, 0.25) is 0 Å². The molecule has 0 amide bonds. The summed E-state index contributed by atoms with van der Waals surface area (Å²) in [7, 11) is 0. The van der Waals surface area contributed by atoms with Crippen LogP contribution in [0.5, 0.6) is 0 Å². The lowest BCUT2D eigenvalue weighted by Gasteiger charge is -2.25. The molecular weight excluding hydrogens is 643 g/mol. The maximum absolute atomic E-state index is 5.27. The molecule has 0 radical (unpaired) electrons. The molecular formula is C50H35N3. The first-order chi connectivity index (χ1) is 26.0. The standard InChI is InChI=1S/C50H35N3/c1-50(2)44-28-25-33-12-6-7-16-37(33)47(44)43-20-10-19-41(48(43)50)40-26-27-42(39-18-9-8-17-38(39)40)49-52-45(34-13-4-3-5-14-34)30-46(53-49)35-23-21-32(22-24-35)36-15-11-29-51-31-36/h3-31H,1-2H3. The zero-order valence-electron chi connectivity index (χ0n) is 29.6. The monoisotopic (exact) mass is 677 g/mol. The third kappa shape index (κ3) is 5.08. The van der Waals surface area contributed by atoms with Gasteiger partial charge in [-0.3, -0.25) is 4.98 Å². The zero-order valence-corrected chi connectivity index (χ0v) is 29.6. The highest BCUT2D eigenvalue weighted by Crippen LogP contribution is 2.55. The summed E-state index contributed by atoms with van der Waals surface area (Å²) in [5.74, 6) is 0.706. The molecule has 0 N–H and O–H groups in total. The van der Waals surface area contributed by atoms with Crippen molar-refractivity contribution in [1.29, 1.82) is 0 Å². The van der Waals surface area contributed by atoms with Crippen LogP contribution in [0.3, 0.4) is 0 Å². The SMILES string of the molecule is CC1(C)c2ccc3ccccc3c2-c2cccc(-c3ccc(-c4nc(-c5ccccc5)cc(-c5ccc(-c6cccnc6)cc5)n4)c4ccccc34)c21. The van der Waals surface area contributed by atoms with E-state index in [-0.39, 0.29) is 5.41 Å². The number of rotatable bonds is 5. The Balaban J connectivity index is 1.14. The van der Waals surface area contributed by atoms with E-state index in [2.05, 4.69) is 170 Å². The predicted octanol–water partition coefficient (Wildman–Crippen LogP) is 12.8. The number of benzene rings is 7. The Morgan fingerprint density at radius 3 is 1.81 bits per heavy atom. The second kappa shape index (κ2) is 12.2. The minimum atomic E-state index is -0.167. The molecule has 2 aromatic heterocycles. The predicted molar refractivity (Wildman–Crippen MR) is 220 cm³/mol. The van der Waals surface area contributed by atoms with Gasteiger partial charge >= 0.3 is 0 Å². The molecule has 3 heteroatoms. The molecule has 9 aromatic rings. The number of pyridine rings is 1. The van der Waals surface area contributed by atoms with Crippen molar-refractivity contribution in [1.82, 2.24) is 15.0 Å². The van der Waals surface area contributed by atoms with E-state index in [0.29, 0.717) is 5.82 Å². The van der Waals surface area contributed by atoms with Crippen molar-refractivity contribution in [3.05, 3.63) is 187 Å². The molecule has 0 spiro atoms. The number of aromatic nitrogens is 3. The zero-order chi connectivity index (χ0) is 35.5. The molecule has 1 aliphatic rings. The van der Waals surface area contributed by atoms with Crippen molar-refractivity contribution in [3.8, 4) is 67.3 Å². The molecule has 250 valence electrons. The minimum Gasteiger partial charge on any atom is -0.264 e. The third-order valence-electron chi connectivity index (χ3n) is 11.0. The molecule has 1 aliphatic carbocycles. The molecule has 0 unspecified atom stereocenters. The molecule has 53 heavy (non-hydrogen) atoms. The number of nitrogens with zero attached hydrogens (tertiary/aromatic N) is 3. The van der Waals surface area contributed by atoms with Gasteiger partial charge in [0.25, 0.3) is 0 Å². The number of hydrogen-bond acceptors (Lipinski definition) is 3. The van der Waals surface area contributed by atoms with Gasteiger partial charge in [-0.25, -0.2) is 9.97 Å². The van der Waals surface area contributed by atoms with Crippen LogP contribution in [-0.2, 0) is 5.41 Å². The van der Waals surface area contributed by atoms with Crippen molar-refractivity contribution in [3.63, 3.8) is 0 Å². The molecule has 0 saturated carbocycles. The fraction of sp³-hybridized carbons (Fsp3) is 0.0600. The van der Waals surface area contributed by atoms with Crippen molar-refractivity contribution in [2.24, 2.45) is 0 Å². The van der Waals surface area contributed by atoms with Crippen LogP contribution >= 0.6 is 0 Å². The topological polar surface area (TPSA) is 38.7 Å². The summed E-state index contributed by atoms with van der Waals surface area (Å²) in [5, 5.41) is 4.90. The Morgan fingerprint density at radius 2 is 1.06 bits per heavy atom. The van der Waals surface area contributed by atoms with Crippen LogP contribution in [0.15, 0.2) is 176 Å². The van der Waals surface area contributed by atoms with Gasteiger partial charge in [0, 0.05) is 34.5 Å². The van der Waals surface area contributed by atoms with Crippen molar-refractivity contribution in [2.45, 2.75) is 19.3 Å². The molecule has 0 fully saturated rings. The Hall–Kier alpha value is -6.71. The van der Waals surface area contributed by atoms with E-state index in [1.165, 1.54) is 49.5 Å². The van der Waals surface area contributed by atoms with Crippen LogP contribution in [0.4, 0.5) is 0 Å². The Bertz CT molecular complexity index is 2840. The molecule has 10 rings (SSSR count). The van der Waals surface area contributed by atoms with E-state index in [1.807, 2.05) is 18.3 Å². The number of hydrogen-bond donors (Lipinski definition) is 0. The van der Waals surface area contributed by atoms with Gasteiger partial charge in [-0.1, -0.05) is 159 Å². The van der Waals surface area contributed by atoms with Crippen molar-refractivity contribution < 1.29 is 0 Å². The summed E-state index contributed by atoms with van der Waals surface area (Å²) < 4.78 is 0. The lowest BCUT2D eigenvalue weighted by Crippen LogP contribution is -2.16. The average molecular weight is 678 g/mol. The first-order valence-electron chi connectivity index (χ1n) is 18.2. The van der Waals surface area contributed by atoms with Crippen LogP contribution < -0.4 is 0 Å².